The van der Waals surface area contributed by atoms with Gasteiger partial charge in [0.25, 0.3) is 0 Å². The minimum atomic E-state index is -1.39. The minimum absolute atomic E-state index is 0.172. The molecular formula is C20H22BrN3O5. The molecule has 5 rings (SSSR count). The fourth-order valence-corrected chi connectivity index (χ4v) is 5.71. The van der Waals surface area contributed by atoms with Crippen molar-refractivity contribution < 1.29 is 24.2 Å². The number of hydrogen-bond acceptors (Lipinski definition) is 6. The number of nitrogens with one attached hydrogen (secondary N) is 2. The topological polar surface area (TPSA) is 108 Å². The molecule has 4 aliphatic rings. The van der Waals surface area contributed by atoms with Gasteiger partial charge >= 0.3 is 0 Å². The van der Waals surface area contributed by atoms with Crippen LogP contribution in [0.4, 0.5) is 5.69 Å². The second-order valence-corrected chi connectivity index (χ2v) is 9.20. The maximum atomic E-state index is 13.5. The number of amides is 3. The number of benzene rings is 1. The van der Waals surface area contributed by atoms with Gasteiger partial charge in [0.2, 0.25) is 17.7 Å². The number of ether oxygens (including phenoxy) is 1. The van der Waals surface area contributed by atoms with Gasteiger partial charge in [0.15, 0.2) is 0 Å². The van der Waals surface area contributed by atoms with Crippen molar-refractivity contribution in [1.82, 2.24) is 10.2 Å². The van der Waals surface area contributed by atoms with Crippen LogP contribution < -0.4 is 10.6 Å². The lowest BCUT2D eigenvalue weighted by Crippen LogP contribution is -2.55. The first-order valence-electron chi connectivity index (χ1n) is 9.88. The Kier molecular flexibility index (Phi) is 4.36. The number of likely N-dealkylation sites (tertiary alicyclic amines) is 1. The Bertz CT molecular complexity index is 915. The molecule has 4 aliphatic heterocycles. The molecule has 0 aliphatic carbocycles. The fraction of sp³-hybridized carbons (Fsp3) is 0.550. The van der Waals surface area contributed by atoms with Gasteiger partial charge < -0.3 is 15.2 Å². The van der Waals surface area contributed by atoms with Gasteiger partial charge in [-0.3, -0.25) is 24.6 Å². The largest absolute Gasteiger partial charge is 0.392 e. The highest BCUT2D eigenvalue weighted by molar-refractivity contribution is 9.10. The number of carbonyl (C=O) groups is 3. The zero-order valence-electron chi connectivity index (χ0n) is 15.9. The molecule has 29 heavy (non-hydrogen) atoms. The Labute approximate surface area is 176 Å². The number of anilines is 1. The van der Waals surface area contributed by atoms with E-state index in [1.165, 1.54) is 4.90 Å². The number of rotatable bonds is 3. The predicted octanol–water partition coefficient (Wildman–Crippen LogP) is 0.729. The van der Waals surface area contributed by atoms with Crippen molar-refractivity contribution in [1.29, 1.82) is 0 Å². The first-order valence-corrected chi connectivity index (χ1v) is 10.7. The average molecular weight is 464 g/mol. The van der Waals surface area contributed by atoms with E-state index in [1.807, 2.05) is 6.07 Å². The van der Waals surface area contributed by atoms with Crippen LogP contribution in [0.3, 0.4) is 0 Å². The van der Waals surface area contributed by atoms with Gasteiger partial charge in [0.1, 0.15) is 5.54 Å². The van der Waals surface area contributed by atoms with E-state index in [2.05, 4.69) is 26.6 Å². The van der Waals surface area contributed by atoms with Gasteiger partial charge in [-0.2, -0.15) is 0 Å². The lowest BCUT2D eigenvalue weighted by atomic mass is 9.76. The molecular weight excluding hydrogens is 442 g/mol. The third-order valence-electron chi connectivity index (χ3n) is 6.63. The fourth-order valence-electron chi connectivity index (χ4n) is 5.35. The first kappa shape index (κ1) is 19.2. The molecule has 1 aromatic carbocycles. The molecule has 1 spiro atoms. The second kappa shape index (κ2) is 6.60. The second-order valence-electron chi connectivity index (χ2n) is 8.29. The minimum Gasteiger partial charge on any atom is -0.392 e. The molecule has 1 aromatic rings. The molecule has 6 atom stereocenters. The lowest BCUT2D eigenvalue weighted by molar-refractivity contribution is -0.144. The van der Waals surface area contributed by atoms with Crippen LogP contribution in [0.25, 0.3) is 0 Å². The van der Waals surface area contributed by atoms with Gasteiger partial charge in [-0.15, -0.1) is 0 Å². The Morgan fingerprint density at radius 2 is 2.14 bits per heavy atom. The van der Waals surface area contributed by atoms with Gasteiger partial charge in [-0.25, -0.2) is 0 Å². The monoisotopic (exact) mass is 463 g/mol. The number of aliphatic hydroxyl groups excluding tert-OH is 1. The number of hydrogen-bond donors (Lipinski definition) is 3. The molecule has 8 nitrogen and oxygen atoms in total. The summed E-state index contributed by atoms with van der Waals surface area (Å²) in [6, 6.07) is 4.66. The Balaban J connectivity index is 1.61. The van der Waals surface area contributed by atoms with E-state index in [9.17, 15) is 19.5 Å². The van der Waals surface area contributed by atoms with Crippen molar-refractivity contribution in [2.75, 3.05) is 18.5 Å². The smallest absolute Gasteiger partial charge is 0.250 e. The molecule has 0 radical (unpaired) electrons. The predicted molar refractivity (Wildman–Crippen MR) is 106 cm³/mol. The summed E-state index contributed by atoms with van der Waals surface area (Å²) < 4.78 is 6.38. The van der Waals surface area contributed by atoms with Crippen LogP contribution in [-0.4, -0.2) is 59.1 Å². The van der Waals surface area contributed by atoms with Crippen LogP contribution in [0.5, 0.6) is 0 Å². The summed E-state index contributed by atoms with van der Waals surface area (Å²) >= 11 is 3.43. The third kappa shape index (κ3) is 2.57. The first-order chi connectivity index (χ1) is 13.8. The van der Waals surface area contributed by atoms with Crippen molar-refractivity contribution in [3.05, 3.63) is 28.2 Å². The molecule has 3 saturated heterocycles. The highest BCUT2D eigenvalue weighted by atomic mass is 79.9. The zero-order chi connectivity index (χ0) is 20.5. The average Bonchev–Trinajstić information content (AvgIpc) is 3.41. The molecule has 0 aromatic heterocycles. The summed E-state index contributed by atoms with van der Waals surface area (Å²) in [6.07, 6.45) is 0.616. The molecule has 0 saturated carbocycles. The Morgan fingerprint density at radius 3 is 2.83 bits per heavy atom. The van der Waals surface area contributed by atoms with Crippen LogP contribution >= 0.6 is 15.9 Å². The van der Waals surface area contributed by atoms with Gasteiger partial charge in [0, 0.05) is 28.4 Å². The van der Waals surface area contributed by atoms with E-state index in [4.69, 9.17) is 4.74 Å². The molecule has 4 heterocycles. The lowest BCUT2D eigenvalue weighted by Gasteiger charge is -2.30. The van der Waals surface area contributed by atoms with Crippen molar-refractivity contribution >= 4 is 39.3 Å². The number of halogens is 1. The molecule has 9 heteroatoms. The number of fused-ring (bicyclic) bond motifs is 4. The molecule has 154 valence electrons. The highest BCUT2D eigenvalue weighted by Gasteiger charge is 2.71. The van der Waals surface area contributed by atoms with E-state index in [-0.39, 0.29) is 30.4 Å². The standard InChI is InChI=1S/C20H22BrN3O5/c1-9(25)16-14-15(18(27)24(17(14)26)8-11-3-2-6-29-11)20(23-16)12-7-10(21)4-5-13(12)22-19(20)28/h4-5,7,9,11,14-16,23,25H,2-3,6,8H2,1H3,(H,22,28)/t9-,11+,14+,15+,16+,20+/m1/s1. The van der Waals surface area contributed by atoms with E-state index >= 15 is 0 Å². The summed E-state index contributed by atoms with van der Waals surface area (Å²) in [5.74, 6) is -2.81. The molecule has 3 fully saturated rings. The zero-order valence-corrected chi connectivity index (χ0v) is 17.4. The molecule has 0 unspecified atom stereocenters. The summed E-state index contributed by atoms with van der Waals surface area (Å²) in [5, 5.41) is 16.4. The van der Waals surface area contributed by atoms with Gasteiger partial charge in [-0.1, -0.05) is 15.9 Å². The summed E-state index contributed by atoms with van der Waals surface area (Å²) in [7, 11) is 0. The normalized spacial score (nSPS) is 36.7. The van der Waals surface area contributed by atoms with Crippen molar-refractivity contribution in [3.8, 4) is 0 Å². The summed E-state index contributed by atoms with van der Waals surface area (Å²) in [6.45, 7) is 2.39. The van der Waals surface area contributed by atoms with Crippen LogP contribution in [0, 0.1) is 11.8 Å². The van der Waals surface area contributed by atoms with Gasteiger partial charge in [0.05, 0.1) is 30.6 Å². The van der Waals surface area contributed by atoms with Gasteiger partial charge in [-0.05, 0) is 38.0 Å². The molecule has 3 amide bonds. The quantitative estimate of drug-likeness (QED) is 0.570. The maximum Gasteiger partial charge on any atom is 0.250 e. The van der Waals surface area contributed by atoms with E-state index < -0.39 is 29.5 Å². The van der Waals surface area contributed by atoms with Crippen molar-refractivity contribution in [3.63, 3.8) is 0 Å². The van der Waals surface area contributed by atoms with E-state index in [0.717, 1.165) is 17.3 Å². The number of nitrogens with zero attached hydrogens (tertiary/aromatic N) is 1. The number of aliphatic hydroxyl groups is 1. The molecule has 0 bridgehead atoms. The maximum absolute atomic E-state index is 13.5. The van der Waals surface area contributed by atoms with Crippen LogP contribution in [0.15, 0.2) is 22.7 Å². The van der Waals surface area contributed by atoms with Crippen molar-refractivity contribution in [2.45, 2.75) is 43.6 Å². The van der Waals surface area contributed by atoms with Crippen molar-refractivity contribution in [2.24, 2.45) is 11.8 Å². The van der Waals surface area contributed by atoms with Crippen LogP contribution in [0.1, 0.15) is 25.3 Å². The summed E-state index contributed by atoms with van der Waals surface area (Å²) in [4.78, 5) is 41.2. The Hall–Kier alpha value is -1.81. The van der Waals surface area contributed by atoms with E-state index in [0.29, 0.717) is 17.9 Å². The summed E-state index contributed by atoms with van der Waals surface area (Å²) in [5.41, 5.74) is -0.160. The van der Waals surface area contributed by atoms with E-state index in [1.54, 1.807) is 19.1 Å². The number of imide groups is 1. The number of carbonyl (C=O) groups excluding carboxylic acids is 3. The molecule has 3 N–H and O–H groups in total. The Morgan fingerprint density at radius 1 is 1.34 bits per heavy atom. The third-order valence-corrected chi connectivity index (χ3v) is 7.13. The highest BCUT2D eigenvalue weighted by Crippen LogP contribution is 2.53. The SMILES string of the molecule is C[C@@H](O)[C@@H]1N[C@]2(C(=O)Nc3ccc(Br)cc32)[C@@H]2C(=O)N(C[C@@H]3CCCO3)C(=O)[C@H]12. The van der Waals surface area contributed by atoms with Crippen LogP contribution in [0.2, 0.25) is 0 Å². The van der Waals surface area contributed by atoms with Crippen LogP contribution in [-0.2, 0) is 24.7 Å².